The van der Waals surface area contributed by atoms with Gasteiger partial charge in [0.15, 0.2) is 10.8 Å². The first-order valence-electron chi connectivity index (χ1n) is 4.91. The predicted molar refractivity (Wildman–Crippen MR) is 64.5 cm³/mol. The normalized spacial score (nSPS) is 14.4. The Bertz CT molecular complexity index is 645. The first kappa shape index (κ1) is 17.2. The summed E-state index contributed by atoms with van der Waals surface area (Å²) < 4.78 is 59.6. The minimum atomic E-state index is -5.10. The maximum Gasteiger partial charge on any atom is 0.475 e. The van der Waals surface area contributed by atoms with E-state index in [1.54, 1.807) is 0 Å². The Kier molecular flexibility index (Phi) is 5.17. The van der Waals surface area contributed by atoms with Crippen molar-refractivity contribution in [1.82, 2.24) is 0 Å². The highest BCUT2D eigenvalue weighted by molar-refractivity contribution is 7.86. The van der Waals surface area contributed by atoms with Crippen LogP contribution in [-0.4, -0.2) is 35.7 Å². The number of halogens is 3. The van der Waals surface area contributed by atoms with Crippen LogP contribution in [0.15, 0.2) is 28.0 Å². The van der Waals surface area contributed by atoms with Crippen LogP contribution in [0.5, 0.6) is 0 Å². The van der Waals surface area contributed by atoms with Crippen LogP contribution < -0.4 is 0 Å². The van der Waals surface area contributed by atoms with Gasteiger partial charge in [0.2, 0.25) is 0 Å². The first-order chi connectivity index (χ1) is 9.54. The van der Waals surface area contributed by atoms with E-state index in [9.17, 15) is 36.5 Å². The summed E-state index contributed by atoms with van der Waals surface area (Å²) in [5.74, 6) is -2.44. The van der Waals surface area contributed by atoms with Gasteiger partial charge in [0, 0.05) is 6.07 Å². The number of alkyl halides is 3. The number of nitrogens with zero attached hydrogens (tertiary/aromatic N) is 1. The van der Waals surface area contributed by atoms with Crippen molar-refractivity contribution in [3.05, 3.63) is 28.3 Å². The number of benzene rings is 1. The van der Waals surface area contributed by atoms with Gasteiger partial charge in [-0.3, -0.25) is 19.1 Å². The van der Waals surface area contributed by atoms with Crippen molar-refractivity contribution in [2.24, 2.45) is 0 Å². The minimum absolute atomic E-state index is 0.374. The summed E-state index contributed by atoms with van der Waals surface area (Å²) in [6, 6.07) is 1.74. The van der Waals surface area contributed by atoms with Gasteiger partial charge in [-0.15, -0.1) is 0 Å². The van der Waals surface area contributed by atoms with Gasteiger partial charge in [-0.1, -0.05) is 0 Å². The monoisotopic (exact) mass is 345 g/mol. The number of rotatable bonds is 5. The molecule has 12 heteroatoms. The van der Waals surface area contributed by atoms with Gasteiger partial charge in [-0.2, -0.15) is 13.2 Å². The van der Waals surface area contributed by atoms with E-state index in [0.29, 0.717) is 18.2 Å². The highest BCUT2D eigenvalue weighted by Crippen LogP contribution is 2.31. The van der Waals surface area contributed by atoms with Crippen LogP contribution in [-0.2, 0) is 26.4 Å². The standard InChI is InChI=1S/C9H6F3NO6S2/c10-9(11,12)21(19)5-1-2-7(6(3-5)13(16)17)20(18)4-8(14)15/h1-3H,4H2,(H,14,15). The number of nitro groups is 1. The fourth-order valence-corrected chi connectivity index (χ4v) is 2.92. The molecule has 0 aliphatic carbocycles. The Hall–Kier alpha value is -1.82. The number of hydrogen-bond donors (Lipinski definition) is 1. The van der Waals surface area contributed by atoms with Crippen LogP contribution >= 0.6 is 0 Å². The van der Waals surface area contributed by atoms with E-state index in [0.717, 1.165) is 0 Å². The highest BCUT2D eigenvalue weighted by atomic mass is 32.2. The lowest BCUT2D eigenvalue weighted by Gasteiger charge is -2.07. The zero-order valence-electron chi connectivity index (χ0n) is 9.83. The van der Waals surface area contributed by atoms with Crippen molar-refractivity contribution in [1.29, 1.82) is 0 Å². The van der Waals surface area contributed by atoms with Crippen molar-refractivity contribution in [3.63, 3.8) is 0 Å². The molecule has 0 heterocycles. The number of carbonyl (C=O) groups is 1. The van der Waals surface area contributed by atoms with Crippen molar-refractivity contribution in [3.8, 4) is 0 Å². The fraction of sp³-hybridized carbons (Fsp3) is 0.222. The Morgan fingerprint density at radius 1 is 1.33 bits per heavy atom. The molecule has 2 atom stereocenters. The summed E-state index contributed by atoms with van der Waals surface area (Å²) in [6.07, 6.45) is 0. The van der Waals surface area contributed by atoms with E-state index in [1.807, 2.05) is 0 Å². The summed E-state index contributed by atoms with van der Waals surface area (Å²) in [5.41, 5.74) is -6.08. The largest absolute Gasteiger partial charge is 0.481 e. The molecule has 21 heavy (non-hydrogen) atoms. The van der Waals surface area contributed by atoms with Crippen LogP contribution in [0.3, 0.4) is 0 Å². The van der Waals surface area contributed by atoms with Crippen LogP contribution in [0.2, 0.25) is 0 Å². The fourth-order valence-electron chi connectivity index (χ4n) is 1.27. The Labute approximate surface area is 119 Å². The Morgan fingerprint density at radius 2 is 1.90 bits per heavy atom. The van der Waals surface area contributed by atoms with E-state index in [4.69, 9.17) is 5.11 Å². The average Bonchev–Trinajstić information content (AvgIpc) is 2.35. The zero-order valence-corrected chi connectivity index (χ0v) is 11.5. The molecule has 1 aromatic carbocycles. The molecule has 0 aliphatic heterocycles. The summed E-state index contributed by atoms with van der Waals surface area (Å²) in [6.45, 7) is 0. The highest BCUT2D eigenvalue weighted by Gasteiger charge is 2.39. The molecule has 7 nitrogen and oxygen atoms in total. The lowest BCUT2D eigenvalue weighted by Crippen LogP contribution is -2.17. The van der Waals surface area contributed by atoms with Gasteiger partial charge in [0.25, 0.3) is 5.69 Å². The molecule has 1 aromatic rings. The second-order valence-electron chi connectivity index (χ2n) is 3.48. The maximum atomic E-state index is 12.3. The molecular formula is C9H6F3NO6S2. The van der Waals surface area contributed by atoms with Gasteiger partial charge >= 0.3 is 11.5 Å². The Balaban J connectivity index is 3.32. The molecular weight excluding hydrogens is 339 g/mol. The molecule has 1 rings (SSSR count). The van der Waals surface area contributed by atoms with Crippen molar-refractivity contribution in [2.45, 2.75) is 15.3 Å². The lowest BCUT2D eigenvalue weighted by atomic mass is 10.3. The molecule has 0 spiro atoms. The third-order valence-corrected chi connectivity index (χ3v) is 4.50. The molecule has 1 N–H and O–H groups in total. The predicted octanol–water partition coefficient (Wildman–Crippen LogP) is 1.41. The minimum Gasteiger partial charge on any atom is -0.481 e. The summed E-state index contributed by atoms with van der Waals surface area (Å²) >= 11 is 0. The van der Waals surface area contributed by atoms with Gasteiger partial charge < -0.3 is 5.11 Å². The molecule has 0 fully saturated rings. The molecule has 0 saturated heterocycles. The SMILES string of the molecule is O=C(O)CS(=O)c1ccc(S(=O)C(F)(F)F)cc1[N+](=O)[O-]. The van der Waals surface area contributed by atoms with Crippen molar-refractivity contribution in [2.75, 3.05) is 5.75 Å². The lowest BCUT2D eigenvalue weighted by molar-refractivity contribution is -0.388. The van der Waals surface area contributed by atoms with Crippen molar-refractivity contribution >= 4 is 33.3 Å². The average molecular weight is 345 g/mol. The molecule has 0 bridgehead atoms. The summed E-state index contributed by atoms with van der Waals surface area (Å²) in [5, 5.41) is 19.2. The van der Waals surface area contributed by atoms with E-state index >= 15 is 0 Å². The maximum absolute atomic E-state index is 12.3. The second-order valence-corrected chi connectivity index (χ2v) is 6.38. The van der Waals surface area contributed by atoms with Crippen LogP contribution in [0.1, 0.15) is 0 Å². The van der Waals surface area contributed by atoms with Crippen LogP contribution in [0, 0.1) is 10.1 Å². The van der Waals surface area contributed by atoms with Gasteiger partial charge in [-0.25, -0.2) is 4.21 Å². The number of aliphatic carboxylic acids is 1. The van der Waals surface area contributed by atoms with Crippen LogP contribution in [0.4, 0.5) is 18.9 Å². The third-order valence-electron chi connectivity index (χ3n) is 2.05. The van der Waals surface area contributed by atoms with Crippen LogP contribution in [0.25, 0.3) is 0 Å². The summed E-state index contributed by atoms with van der Waals surface area (Å²) in [7, 11) is -5.79. The number of carboxylic acid groups (broad SMARTS) is 1. The van der Waals surface area contributed by atoms with Gasteiger partial charge in [0.1, 0.15) is 10.6 Å². The van der Waals surface area contributed by atoms with Gasteiger partial charge in [-0.05, 0) is 12.1 Å². The van der Waals surface area contributed by atoms with E-state index in [1.165, 1.54) is 0 Å². The van der Waals surface area contributed by atoms with E-state index in [2.05, 4.69) is 0 Å². The molecule has 2 unspecified atom stereocenters. The number of nitro benzene ring substituents is 1. The quantitative estimate of drug-likeness (QED) is 0.637. The zero-order chi connectivity index (χ0) is 16.4. The first-order valence-corrected chi connectivity index (χ1v) is 7.38. The van der Waals surface area contributed by atoms with E-state index < -0.39 is 59.2 Å². The summed E-state index contributed by atoms with van der Waals surface area (Å²) in [4.78, 5) is 18.6. The van der Waals surface area contributed by atoms with E-state index in [-0.39, 0.29) is 0 Å². The topological polar surface area (TPSA) is 115 Å². The Morgan fingerprint density at radius 3 is 2.33 bits per heavy atom. The number of carboxylic acids is 1. The van der Waals surface area contributed by atoms with Crippen molar-refractivity contribution < 1.29 is 36.4 Å². The molecule has 0 aliphatic rings. The molecule has 0 saturated carbocycles. The number of hydrogen-bond acceptors (Lipinski definition) is 5. The molecule has 0 amide bonds. The molecule has 0 radical (unpaired) electrons. The third kappa shape index (κ3) is 4.32. The molecule has 0 aromatic heterocycles. The van der Waals surface area contributed by atoms with Gasteiger partial charge in [0.05, 0.1) is 20.6 Å². The molecule has 116 valence electrons. The second kappa shape index (κ2) is 6.30. The smallest absolute Gasteiger partial charge is 0.475 e.